The van der Waals surface area contributed by atoms with E-state index in [4.69, 9.17) is 0 Å². The third-order valence-corrected chi connectivity index (χ3v) is 3.98. The van der Waals surface area contributed by atoms with E-state index in [0.29, 0.717) is 18.8 Å². The lowest BCUT2D eigenvalue weighted by Crippen LogP contribution is -2.51. The monoisotopic (exact) mass is 294 g/mol. The molecule has 0 radical (unpaired) electrons. The Morgan fingerprint density at radius 3 is 2.67 bits per heavy atom. The maximum atomic E-state index is 12.2. The van der Waals surface area contributed by atoms with E-state index >= 15 is 0 Å². The number of piperidine rings is 1. The molecule has 2 heterocycles. The fraction of sp³-hybridized carbons (Fsp3) is 0.643. The van der Waals surface area contributed by atoms with Gasteiger partial charge in [-0.2, -0.15) is 0 Å². The molecule has 1 aromatic rings. The minimum atomic E-state index is -1.05. The fourth-order valence-electron chi connectivity index (χ4n) is 2.37. The second kappa shape index (κ2) is 6.15. The fourth-order valence-corrected chi connectivity index (χ4v) is 2.37. The number of H-pyrrole nitrogens is 1. The van der Waals surface area contributed by atoms with Crippen molar-refractivity contribution in [2.24, 2.45) is 5.41 Å². The van der Waals surface area contributed by atoms with Crippen LogP contribution in [0.2, 0.25) is 0 Å². The number of aromatic amines is 1. The van der Waals surface area contributed by atoms with Crippen molar-refractivity contribution in [3.05, 3.63) is 18.2 Å². The number of aliphatic carboxylic acids is 1. The topological polar surface area (TPSA) is 98.3 Å². The number of nitrogens with one attached hydrogen (secondary N) is 2. The second-order valence-electron chi connectivity index (χ2n) is 6.27. The van der Waals surface area contributed by atoms with Gasteiger partial charge in [0.05, 0.1) is 6.33 Å². The molecule has 2 amide bonds. The first-order valence-corrected chi connectivity index (χ1v) is 7.13. The van der Waals surface area contributed by atoms with Crippen molar-refractivity contribution in [3.63, 3.8) is 0 Å². The smallest absolute Gasteiger partial charge is 0.326 e. The van der Waals surface area contributed by atoms with Crippen molar-refractivity contribution in [3.8, 4) is 0 Å². The molecule has 7 nitrogen and oxygen atoms in total. The van der Waals surface area contributed by atoms with Crippen molar-refractivity contribution >= 4 is 12.0 Å². The number of nitrogens with zero attached hydrogens (tertiary/aromatic N) is 2. The molecular weight excluding hydrogens is 272 g/mol. The van der Waals surface area contributed by atoms with Crippen LogP contribution in [-0.2, 0) is 11.2 Å². The molecule has 0 aliphatic carbocycles. The van der Waals surface area contributed by atoms with Gasteiger partial charge in [-0.3, -0.25) is 0 Å². The molecule has 7 heteroatoms. The van der Waals surface area contributed by atoms with Gasteiger partial charge < -0.3 is 20.3 Å². The van der Waals surface area contributed by atoms with Crippen LogP contribution in [0, 0.1) is 5.41 Å². The SMILES string of the molecule is CC1(C)CCN(C(=O)N[C@@H](Cc2cnc[nH]2)C(=O)O)CC1. The molecule has 1 atom stereocenters. The maximum Gasteiger partial charge on any atom is 0.326 e. The summed E-state index contributed by atoms with van der Waals surface area (Å²) in [7, 11) is 0. The molecule has 0 spiro atoms. The Hall–Kier alpha value is -2.05. The molecule has 1 fully saturated rings. The number of carboxylic acids is 1. The number of rotatable bonds is 4. The quantitative estimate of drug-likeness (QED) is 0.778. The predicted molar refractivity (Wildman–Crippen MR) is 76.8 cm³/mol. The van der Waals surface area contributed by atoms with Gasteiger partial charge in [-0.1, -0.05) is 13.8 Å². The Morgan fingerprint density at radius 1 is 1.48 bits per heavy atom. The van der Waals surface area contributed by atoms with Gasteiger partial charge in [-0.25, -0.2) is 14.6 Å². The third-order valence-electron chi connectivity index (χ3n) is 3.98. The van der Waals surface area contributed by atoms with Crippen LogP contribution in [0.3, 0.4) is 0 Å². The van der Waals surface area contributed by atoms with Crippen LogP contribution in [0.15, 0.2) is 12.5 Å². The number of urea groups is 1. The second-order valence-corrected chi connectivity index (χ2v) is 6.27. The highest BCUT2D eigenvalue weighted by atomic mass is 16.4. The molecule has 2 rings (SSSR count). The molecular formula is C14H22N4O3. The summed E-state index contributed by atoms with van der Waals surface area (Å²) in [6.45, 7) is 5.69. The molecule has 3 N–H and O–H groups in total. The molecule has 0 saturated carbocycles. The summed E-state index contributed by atoms with van der Waals surface area (Å²) in [4.78, 5) is 31.8. The Bertz CT molecular complexity index is 488. The predicted octanol–water partition coefficient (Wildman–Crippen LogP) is 1.24. The number of amides is 2. The average Bonchev–Trinajstić information content (AvgIpc) is 2.90. The molecule has 1 saturated heterocycles. The number of carbonyl (C=O) groups is 2. The van der Waals surface area contributed by atoms with Crippen LogP contribution in [-0.4, -0.2) is 51.1 Å². The molecule has 1 aliphatic rings. The molecule has 0 unspecified atom stereocenters. The van der Waals surface area contributed by atoms with E-state index in [9.17, 15) is 14.7 Å². The molecule has 0 bridgehead atoms. The Balaban J connectivity index is 1.91. The van der Waals surface area contributed by atoms with Gasteiger partial charge in [-0.15, -0.1) is 0 Å². The first-order valence-electron chi connectivity index (χ1n) is 7.13. The Morgan fingerprint density at radius 2 is 2.14 bits per heavy atom. The number of carboxylic acid groups (broad SMARTS) is 1. The minimum Gasteiger partial charge on any atom is -0.480 e. The van der Waals surface area contributed by atoms with Crippen molar-refractivity contribution in [1.82, 2.24) is 20.2 Å². The van der Waals surface area contributed by atoms with Gasteiger partial charge in [0.25, 0.3) is 0 Å². The number of hydrogen-bond acceptors (Lipinski definition) is 3. The minimum absolute atomic E-state index is 0.195. The normalized spacial score (nSPS) is 19.0. The number of hydrogen-bond donors (Lipinski definition) is 3. The van der Waals surface area contributed by atoms with Crippen molar-refractivity contribution in [1.29, 1.82) is 0 Å². The maximum absolute atomic E-state index is 12.2. The average molecular weight is 294 g/mol. The molecule has 1 aromatic heterocycles. The van der Waals surface area contributed by atoms with E-state index < -0.39 is 12.0 Å². The first-order chi connectivity index (χ1) is 9.87. The van der Waals surface area contributed by atoms with Gasteiger partial charge >= 0.3 is 12.0 Å². The van der Waals surface area contributed by atoms with Gasteiger partial charge in [-0.05, 0) is 18.3 Å². The number of imidazole rings is 1. The van der Waals surface area contributed by atoms with Crippen LogP contribution in [0.4, 0.5) is 4.79 Å². The summed E-state index contributed by atoms with van der Waals surface area (Å²) in [6, 6.07) is -1.26. The number of likely N-dealkylation sites (tertiary alicyclic amines) is 1. The van der Waals surface area contributed by atoms with E-state index in [0.717, 1.165) is 12.8 Å². The highest BCUT2D eigenvalue weighted by Crippen LogP contribution is 2.29. The largest absolute Gasteiger partial charge is 0.480 e. The van der Waals surface area contributed by atoms with Gasteiger partial charge in [0.15, 0.2) is 0 Å². The zero-order chi connectivity index (χ0) is 15.5. The highest BCUT2D eigenvalue weighted by molar-refractivity contribution is 5.82. The van der Waals surface area contributed by atoms with Gasteiger partial charge in [0.1, 0.15) is 6.04 Å². The van der Waals surface area contributed by atoms with Crippen molar-refractivity contribution in [2.45, 2.75) is 39.2 Å². The Labute approximate surface area is 123 Å². The lowest BCUT2D eigenvalue weighted by atomic mass is 9.83. The standard InChI is InChI=1S/C14H22N4O3/c1-14(2)3-5-18(6-4-14)13(21)17-11(12(19)20)7-10-8-15-9-16-10/h8-9,11H,3-7H2,1-2H3,(H,15,16)(H,17,21)(H,19,20)/t11-/m0/s1. The summed E-state index contributed by atoms with van der Waals surface area (Å²) in [5.74, 6) is -1.05. The zero-order valence-corrected chi connectivity index (χ0v) is 12.4. The van der Waals surface area contributed by atoms with Gasteiger partial charge in [0, 0.05) is 31.4 Å². The summed E-state index contributed by atoms with van der Waals surface area (Å²) in [5, 5.41) is 11.8. The van der Waals surface area contributed by atoms with Crippen LogP contribution in [0.25, 0.3) is 0 Å². The summed E-state index contributed by atoms with van der Waals surface area (Å²) < 4.78 is 0. The third kappa shape index (κ3) is 4.21. The lowest BCUT2D eigenvalue weighted by Gasteiger charge is -2.37. The van der Waals surface area contributed by atoms with Gasteiger partial charge in [0.2, 0.25) is 0 Å². The van der Waals surface area contributed by atoms with E-state index in [1.54, 1.807) is 11.1 Å². The summed E-state index contributed by atoms with van der Waals surface area (Å²) in [5.41, 5.74) is 0.932. The van der Waals surface area contributed by atoms with Crippen LogP contribution in [0.5, 0.6) is 0 Å². The van der Waals surface area contributed by atoms with E-state index in [1.807, 2.05) is 0 Å². The molecule has 1 aliphatic heterocycles. The lowest BCUT2D eigenvalue weighted by molar-refractivity contribution is -0.139. The highest BCUT2D eigenvalue weighted by Gasteiger charge is 2.30. The zero-order valence-electron chi connectivity index (χ0n) is 12.4. The molecule has 21 heavy (non-hydrogen) atoms. The Kier molecular flexibility index (Phi) is 4.50. The van der Waals surface area contributed by atoms with Crippen molar-refractivity contribution in [2.75, 3.05) is 13.1 Å². The summed E-state index contributed by atoms with van der Waals surface area (Å²) in [6.07, 6.45) is 5.10. The van der Waals surface area contributed by atoms with Crippen LogP contribution >= 0.6 is 0 Å². The molecule has 116 valence electrons. The van der Waals surface area contributed by atoms with E-state index in [1.165, 1.54) is 6.33 Å². The van der Waals surface area contributed by atoms with Crippen LogP contribution < -0.4 is 5.32 Å². The van der Waals surface area contributed by atoms with E-state index in [-0.39, 0.29) is 17.9 Å². The summed E-state index contributed by atoms with van der Waals surface area (Å²) >= 11 is 0. The first kappa shape index (κ1) is 15.3. The molecule has 0 aromatic carbocycles. The number of carbonyl (C=O) groups excluding carboxylic acids is 1. The van der Waals surface area contributed by atoms with Crippen molar-refractivity contribution < 1.29 is 14.7 Å². The van der Waals surface area contributed by atoms with Crippen LogP contribution in [0.1, 0.15) is 32.4 Å². The number of aromatic nitrogens is 2. The van der Waals surface area contributed by atoms with E-state index in [2.05, 4.69) is 29.1 Å².